The number of carbonyl (C=O) groups excluding carboxylic acids is 1. The molecule has 1 atom stereocenters. The second-order valence-corrected chi connectivity index (χ2v) is 5.18. The molecule has 0 aliphatic rings. The Bertz CT molecular complexity index is 919. The van der Waals surface area contributed by atoms with Crippen LogP contribution in [0, 0.1) is 0 Å². The molecule has 0 bridgehead atoms. The number of benzene rings is 2. The van der Waals surface area contributed by atoms with Crippen molar-refractivity contribution in [2.24, 2.45) is 5.84 Å². The number of fused-ring (bicyclic) bond motifs is 1. The summed E-state index contributed by atoms with van der Waals surface area (Å²) in [4.78, 5) is 29.4. The highest BCUT2D eigenvalue weighted by molar-refractivity contribution is 5.83. The predicted molar refractivity (Wildman–Crippen MR) is 88.5 cm³/mol. The molecule has 0 fully saturated rings. The Labute approximate surface area is 132 Å². The van der Waals surface area contributed by atoms with Gasteiger partial charge in [0.25, 0.3) is 11.5 Å². The second kappa shape index (κ2) is 6.02. The van der Waals surface area contributed by atoms with E-state index in [-0.39, 0.29) is 5.56 Å². The normalized spacial score (nSPS) is 12.1. The van der Waals surface area contributed by atoms with Crippen molar-refractivity contribution in [3.05, 3.63) is 65.0 Å². The molecule has 3 aromatic rings. The standard InChI is InChI=1S/C17H16N4O2/c1-11(16(22)20-18)21-15(12-7-3-2-4-8-12)19-14-10-6-5-9-13(14)17(21)23/h2-11H,18H2,1H3,(H,20,22)/t11-/m1/s1. The number of para-hydroxylation sites is 1. The van der Waals surface area contributed by atoms with Gasteiger partial charge in [-0.1, -0.05) is 42.5 Å². The van der Waals surface area contributed by atoms with Crippen LogP contribution >= 0.6 is 0 Å². The quantitative estimate of drug-likeness (QED) is 0.437. The molecule has 0 saturated carbocycles. The second-order valence-electron chi connectivity index (χ2n) is 5.18. The molecule has 0 saturated heterocycles. The fraction of sp³-hybridized carbons (Fsp3) is 0.118. The highest BCUT2D eigenvalue weighted by Crippen LogP contribution is 2.21. The minimum absolute atomic E-state index is 0.273. The SMILES string of the molecule is C[C@H](C(=O)NN)n1c(-c2ccccc2)nc2ccccc2c1=O. The Kier molecular flexibility index (Phi) is 3.91. The van der Waals surface area contributed by atoms with Gasteiger partial charge in [-0.2, -0.15) is 0 Å². The summed E-state index contributed by atoms with van der Waals surface area (Å²) in [6, 6.07) is 15.6. The van der Waals surface area contributed by atoms with Gasteiger partial charge in [0.15, 0.2) is 0 Å². The van der Waals surface area contributed by atoms with E-state index in [9.17, 15) is 9.59 Å². The Morgan fingerprint density at radius 3 is 2.48 bits per heavy atom. The lowest BCUT2D eigenvalue weighted by molar-refractivity contribution is -0.123. The van der Waals surface area contributed by atoms with Crippen molar-refractivity contribution in [2.75, 3.05) is 0 Å². The maximum Gasteiger partial charge on any atom is 0.262 e. The summed E-state index contributed by atoms with van der Waals surface area (Å²) in [5, 5.41) is 0.462. The van der Waals surface area contributed by atoms with Gasteiger partial charge in [0.2, 0.25) is 0 Å². The van der Waals surface area contributed by atoms with E-state index < -0.39 is 11.9 Å². The zero-order valence-corrected chi connectivity index (χ0v) is 12.6. The summed E-state index contributed by atoms with van der Waals surface area (Å²) in [5.41, 5.74) is 3.17. The Morgan fingerprint density at radius 1 is 1.13 bits per heavy atom. The highest BCUT2D eigenvalue weighted by Gasteiger charge is 2.21. The van der Waals surface area contributed by atoms with Gasteiger partial charge in [-0.25, -0.2) is 10.8 Å². The fourth-order valence-corrected chi connectivity index (χ4v) is 2.53. The summed E-state index contributed by atoms with van der Waals surface area (Å²) in [5.74, 6) is 5.20. The Morgan fingerprint density at radius 2 is 1.78 bits per heavy atom. The lowest BCUT2D eigenvalue weighted by Crippen LogP contribution is -2.40. The number of nitrogens with zero attached hydrogens (tertiary/aromatic N) is 2. The summed E-state index contributed by atoms with van der Waals surface area (Å²) >= 11 is 0. The molecule has 3 rings (SSSR count). The van der Waals surface area contributed by atoms with Crippen LogP contribution in [0.5, 0.6) is 0 Å². The van der Waals surface area contributed by atoms with Crippen molar-refractivity contribution < 1.29 is 4.79 Å². The molecule has 0 unspecified atom stereocenters. The first-order valence-corrected chi connectivity index (χ1v) is 7.20. The van der Waals surface area contributed by atoms with Crippen molar-refractivity contribution in [3.8, 4) is 11.4 Å². The topological polar surface area (TPSA) is 90.0 Å². The van der Waals surface area contributed by atoms with Crippen LogP contribution in [-0.4, -0.2) is 15.5 Å². The van der Waals surface area contributed by atoms with Crippen LogP contribution in [0.3, 0.4) is 0 Å². The minimum Gasteiger partial charge on any atom is -0.292 e. The third-order valence-electron chi connectivity index (χ3n) is 3.75. The van der Waals surface area contributed by atoms with Crippen LogP contribution in [0.1, 0.15) is 13.0 Å². The van der Waals surface area contributed by atoms with Crippen LogP contribution in [0.15, 0.2) is 59.4 Å². The molecule has 1 amide bonds. The lowest BCUT2D eigenvalue weighted by atomic mass is 10.1. The predicted octanol–water partition coefficient (Wildman–Crippen LogP) is 1.61. The zero-order chi connectivity index (χ0) is 16.4. The maximum atomic E-state index is 12.9. The average Bonchev–Trinajstić information content (AvgIpc) is 2.61. The first kappa shape index (κ1) is 14.9. The first-order chi connectivity index (χ1) is 11.1. The van der Waals surface area contributed by atoms with Crippen LogP contribution in [0.4, 0.5) is 0 Å². The van der Waals surface area contributed by atoms with E-state index in [1.54, 1.807) is 25.1 Å². The molecule has 0 spiro atoms. The molecule has 1 heterocycles. The fourth-order valence-electron chi connectivity index (χ4n) is 2.53. The molecule has 0 radical (unpaired) electrons. The number of carbonyl (C=O) groups is 1. The third-order valence-corrected chi connectivity index (χ3v) is 3.75. The molecule has 0 aliphatic heterocycles. The molecule has 2 aromatic carbocycles. The Hall–Kier alpha value is -2.99. The average molecular weight is 308 g/mol. The summed E-state index contributed by atoms with van der Waals surface area (Å²) in [6.07, 6.45) is 0. The van der Waals surface area contributed by atoms with Crippen LogP contribution in [0.25, 0.3) is 22.3 Å². The summed E-state index contributed by atoms with van der Waals surface area (Å²) in [7, 11) is 0. The number of hydrogen-bond acceptors (Lipinski definition) is 4. The third kappa shape index (κ3) is 2.60. The molecule has 6 nitrogen and oxygen atoms in total. The largest absolute Gasteiger partial charge is 0.292 e. The molecule has 6 heteroatoms. The van der Waals surface area contributed by atoms with Gasteiger partial charge in [0, 0.05) is 5.56 Å². The van der Waals surface area contributed by atoms with Crippen molar-refractivity contribution in [1.82, 2.24) is 15.0 Å². The number of aromatic nitrogens is 2. The number of amides is 1. The van der Waals surface area contributed by atoms with Gasteiger partial charge in [-0.15, -0.1) is 0 Å². The summed E-state index contributed by atoms with van der Waals surface area (Å²) < 4.78 is 1.37. The lowest BCUT2D eigenvalue weighted by Gasteiger charge is -2.18. The van der Waals surface area contributed by atoms with Gasteiger partial charge in [0.05, 0.1) is 10.9 Å². The molecule has 116 valence electrons. The monoisotopic (exact) mass is 308 g/mol. The van der Waals surface area contributed by atoms with Gasteiger partial charge < -0.3 is 0 Å². The van der Waals surface area contributed by atoms with E-state index in [0.29, 0.717) is 16.7 Å². The number of hydrazine groups is 1. The highest BCUT2D eigenvalue weighted by atomic mass is 16.2. The Balaban J connectivity index is 2.37. The maximum absolute atomic E-state index is 12.9. The van der Waals surface area contributed by atoms with E-state index in [1.165, 1.54) is 4.57 Å². The minimum atomic E-state index is -0.778. The van der Waals surface area contributed by atoms with Gasteiger partial charge in [-0.3, -0.25) is 19.6 Å². The number of nitrogens with one attached hydrogen (secondary N) is 1. The van der Waals surface area contributed by atoms with Gasteiger partial charge in [0.1, 0.15) is 11.9 Å². The summed E-state index contributed by atoms with van der Waals surface area (Å²) in [6.45, 7) is 1.62. The van der Waals surface area contributed by atoms with E-state index in [4.69, 9.17) is 5.84 Å². The first-order valence-electron chi connectivity index (χ1n) is 7.20. The zero-order valence-electron chi connectivity index (χ0n) is 12.6. The van der Waals surface area contributed by atoms with Crippen molar-refractivity contribution in [2.45, 2.75) is 13.0 Å². The molecule has 1 aromatic heterocycles. The van der Waals surface area contributed by atoms with Gasteiger partial charge >= 0.3 is 0 Å². The van der Waals surface area contributed by atoms with Gasteiger partial charge in [-0.05, 0) is 19.1 Å². The van der Waals surface area contributed by atoms with Crippen molar-refractivity contribution in [3.63, 3.8) is 0 Å². The molecule has 3 N–H and O–H groups in total. The number of nitrogens with two attached hydrogens (primary N) is 1. The van der Waals surface area contributed by atoms with E-state index in [2.05, 4.69) is 10.4 Å². The molecule has 0 aliphatic carbocycles. The van der Waals surface area contributed by atoms with Crippen LogP contribution in [0.2, 0.25) is 0 Å². The van der Waals surface area contributed by atoms with E-state index in [0.717, 1.165) is 5.56 Å². The van der Waals surface area contributed by atoms with Crippen molar-refractivity contribution >= 4 is 16.8 Å². The van der Waals surface area contributed by atoms with Crippen LogP contribution in [-0.2, 0) is 4.79 Å². The molecule has 23 heavy (non-hydrogen) atoms. The van der Waals surface area contributed by atoms with E-state index >= 15 is 0 Å². The smallest absolute Gasteiger partial charge is 0.262 e. The number of hydrogen-bond donors (Lipinski definition) is 2. The number of rotatable bonds is 3. The van der Waals surface area contributed by atoms with Crippen molar-refractivity contribution in [1.29, 1.82) is 0 Å². The molecular weight excluding hydrogens is 292 g/mol. The van der Waals surface area contributed by atoms with E-state index in [1.807, 2.05) is 36.4 Å². The van der Waals surface area contributed by atoms with Crippen LogP contribution < -0.4 is 16.8 Å². The molecular formula is C17H16N4O2.